The Balaban J connectivity index is 2.29. The van der Waals surface area contributed by atoms with Crippen LogP contribution >= 0.6 is 0 Å². The van der Waals surface area contributed by atoms with Gasteiger partial charge >= 0.3 is 0 Å². The lowest BCUT2D eigenvalue weighted by molar-refractivity contribution is 0.208. The summed E-state index contributed by atoms with van der Waals surface area (Å²) in [7, 11) is 0. The predicted molar refractivity (Wildman–Crippen MR) is 97.4 cm³/mol. The summed E-state index contributed by atoms with van der Waals surface area (Å²) in [4.78, 5) is 0. The average molecular weight is 310 g/mol. The Morgan fingerprint density at radius 3 is 2.74 bits per heavy atom. The SMILES string of the molecule is C=C/C(CC)=C(\C=C/C)OCc1coc2ccc(C(C)C)cc12. The van der Waals surface area contributed by atoms with E-state index in [4.69, 9.17) is 9.15 Å². The summed E-state index contributed by atoms with van der Waals surface area (Å²) in [6.45, 7) is 12.8. The van der Waals surface area contributed by atoms with E-state index in [2.05, 4.69) is 39.5 Å². The summed E-state index contributed by atoms with van der Waals surface area (Å²) < 4.78 is 11.7. The molecule has 1 aromatic carbocycles. The third-order valence-corrected chi connectivity index (χ3v) is 3.99. The van der Waals surface area contributed by atoms with Crippen LogP contribution in [0.4, 0.5) is 0 Å². The van der Waals surface area contributed by atoms with Crippen LogP contribution in [0, 0.1) is 0 Å². The first-order valence-corrected chi connectivity index (χ1v) is 8.21. The standard InChI is InChI=1S/C21H26O2/c1-6-9-20(16(7-2)8-3)22-13-18-14-23-21-11-10-17(15(4)5)12-19(18)21/h6-7,9-12,14-15H,2,8,13H2,1,3-5H3/b9-6-,20-16-. The van der Waals surface area contributed by atoms with Crippen LogP contribution < -0.4 is 0 Å². The molecule has 2 nitrogen and oxygen atoms in total. The molecular formula is C21H26O2. The summed E-state index contributed by atoms with van der Waals surface area (Å²) in [5.74, 6) is 1.37. The molecule has 0 unspecified atom stereocenters. The molecule has 23 heavy (non-hydrogen) atoms. The van der Waals surface area contributed by atoms with Gasteiger partial charge in [-0.15, -0.1) is 0 Å². The molecule has 0 saturated heterocycles. The van der Waals surface area contributed by atoms with Gasteiger partial charge in [0, 0.05) is 10.9 Å². The molecule has 0 atom stereocenters. The number of fused-ring (bicyclic) bond motifs is 1. The maximum absolute atomic E-state index is 6.04. The Hall–Kier alpha value is -2.22. The minimum absolute atomic E-state index is 0.492. The Labute approximate surface area is 139 Å². The number of furan rings is 1. The second-order valence-electron chi connectivity index (χ2n) is 5.91. The monoisotopic (exact) mass is 310 g/mol. The zero-order valence-electron chi connectivity index (χ0n) is 14.6. The van der Waals surface area contributed by atoms with E-state index < -0.39 is 0 Å². The van der Waals surface area contributed by atoms with Gasteiger partial charge in [0.05, 0.1) is 6.26 Å². The number of hydrogen-bond donors (Lipinski definition) is 0. The first-order valence-electron chi connectivity index (χ1n) is 8.21. The quantitative estimate of drug-likeness (QED) is 0.430. The Morgan fingerprint density at radius 2 is 2.13 bits per heavy atom. The molecule has 122 valence electrons. The van der Waals surface area contributed by atoms with Crippen LogP contribution in [0.5, 0.6) is 0 Å². The predicted octanol–water partition coefficient (Wildman–Crippen LogP) is 6.50. The smallest absolute Gasteiger partial charge is 0.134 e. The molecule has 2 rings (SSSR count). The van der Waals surface area contributed by atoms with Crippen molar-refractivity contribution >= 4 is 11.0 Å². The van der Waals surface area contributed by atoms with Gasteiger partial charge in [-0.2, -0.15) is 0 Å². The fourth-order valence-corrected chi connectivity index (χ4v) is 2.54. The summed E-state index contributed by atoms with van der Waals surface area (Å²) in [6, 6.07) is 6.37. The van der Waals surface area contributed by atoms with Crippen molar-refractivity contribution in [1.82, 2.24) is 0 Å². The normalized spacial score (nSPS) is 12.9. The van der Waals surface area contributed by atoms with E-state index in [9.17, 15) is 0 Å². The first kappa shape index (κ1) is 17.1. The number of ether oxygens (including phenoxy) is 1. The molecule has 0 radical (unpaired) electrons. The molecule has 0 N–H and O–H groups in total. The van der Waals surface area contributed by atoms with Gasteiger partial charge in [-0.3, -0.25) is 0 Å². The highest BCUT2D eigenvalue weighted by Crippen LogP contribution is 2.27. The van der Waals surface area contributed by atoms with E-state index >= 15 is 0 Å². The molecule has 0 aliphatic rings. The highest BCUT2D eigenvalue weighted by molar-refractivity contribution is 5.81. The van der Waals surface area contributed by atoms with Crippen molar-refractivity contribution in [2.45, 2.75) is 46.6 Å². The highest BCUT2D eigenvalue weighted by atomic mass is 16.5. The largest absolute Gasteiger partial charge is 0.488 e. The molecule has 0 fully saturated rings. The highest BCUT2D eigenvalue weighted by Gasteiger charge is 2.10. The lowest BCUT2D eigenvalue weighted by Gasteiger charge is -2.10. The second-order valence-corrected chi connectivity index (χ2v) is 5.91. The van der Waals surface area contributed by atoms with Crippen LogP contribution in [0.25, 0.3) is 11.0 Å². The van der Waals surface area contributed by atoms with Gasteiger partial charge in [-0.1, -0.05) is 45.6 Å². The minimum Gasteiger partial charge on any atom is -0.488 e. The zero-order valence-corrected chi connectivity index (χ0v) is 14.6. The van der Waals surface area contributed by atoms with Crippen molar-refractivity contribution in [3.05, 3.63) is 71.7 Å². The van der Waals surface area contributed by atoms with Crippen molar-refractivity contribution in [2.24, 2.45) is 0 Å². The molecular weight excluding hydrogens is 284 g/mol. The molecule has 0 saturated carbocycles. The van der Waals surface area contributed by atoms with E-state index in [-0.39, 0.29) is 0 Å². The van der Waals surface area contributed by atoms with Crippen molar-refractivity contribution in [3.63, 3.8) is 0 Å². The molecule has 1 heterocycles. The molecule has 1 aromatic heterocycles. The fraction of sp³-hybridized carbons (Fsp3) is 0.333. The van der Waals surface area contributed by atoms with Gasteiger partial charge in [0.25, 0.3) is 0 Å². The number of rotatable bonds is 7. The summed E-state index contributed by atoms with van der Waals surface area (Å²) in [5, 5.41) is 1.13. The van der Waals surface area contributed by atoms with Crippen molar-refractivity contribution in [1.29, 1.82) is 0 Å². The van der Waals surface area contributed by atoms with E-state index in [1.54, 1.807) is 6.26 Å². The molecule has 0 bridgehead atoms. The van der Waals surface area contributed by atoms with Gasteiger partial charge in [-0.25, -0.2) is 0 Å². The lowest BCUT2D eigenvalue weighted by atomic mass is 10.0. The summed E-state index contributed by atoms with van der Waals surface area (Å²) >= 11 is 0. The molecule has 0 aliphatic heterocycles. The van der Waals surface area contributed by atoms with Crippen LogP contribution in [0.1, 0.15) is 51.2 Å². The average Bonchev–Trinajstić information content (AvgIpc) is 2.95. The van der Waals surface area contributed by atoms with E-state index in [1.165, 1.54) is 5.56 Å². The van der Waals surface area contributed by atoms with Gasteiger partial charge in [0.1, 0.15) is 17.9 Å². The first-order chi connectivity index (χ1) is 11.1. The van der Waals surface area contributed by atoms with E-state index in [1.807, 2.05) is 31.2 Å². The van der Waals surface area contributed by atoms with Gasteiger partial charge in [0.2, 0.25) is 0 Å². The van der Waals surface area contributed by atoms with Crippen molar-refractivity contribution in [3.8, 4) is 0 Å². The molecule has 0 aliphatic carbocycles. The van der Waals surface area contributed by atoms with E-state index in [0.717, 1.165) is 34.3 Å². The van der Waals surface area contributed by atoms with Crippen LogP contribution in [-0.4, -0.2) is 0 Å². The summed E-state index contributed by atoms with van der Waals surface area (Å²) in [5.41, 5.74) is 4.40. The van der Waals surface area contributed by atoms with Crippen LogP contribution in [0.15, 0.2) is 65.0 Å². The molecule has 2 heteroatoms. The van der Waals surface area contributed by atoms with E-state index in [0.29, 0.717) is 12.5 Å². The van der Waals surface area contributed by atoms with Gasteiger partial charge in [-0.05, 0) is 48.6 Å². The molecule has 0 amide bonds. The fourth-order valence-electron chi connectivity index (χ4n) is 2.54. The third kappa shape index (κ3) is 3.95. The number of hydrogen-bond acceptors (Lipinski definition) is 2. The second kappa shape index (κ2) is 7.87. The number of allylic oxidation sites excluding steroid dienone is 4. The Kier molecular flexibility index (Phi) is 5.86. The number of benzene rings is 1. The molecule has 2 aromatic rings. The van der Waals surface area contributed by atoms with Crippen molar-refractivity contribution in [2.75, 3.05) is 0 Å². The van der Waals surface area contributed by atoms with Gasteiger partial charge < -0.3 is 9.15 Å². The topological polar surface area (TPSA) is 22.4 Å². The maximum Gasteiger partial charge on any atom is 0.134 e. The lowest BCUT2D eigenvalue weighted by Crippen LogP contribution is -1.95. The van der Waals surface area contributed by atoms with Gasteiger partial charge in [0.15, 0.2) is 0 Å². The van der Waals surface area contributed by atoms with Crippen LogP contribution in [0.3, 0.4) is 0 Å². The Morgan fingerprint density at radius 1 is 1.35 bits per heavy atom. The maximum atomic E-state index is 6.04. The Bertz CT molecular complexity index is 729. The zero-order chi connectivity index (χ0) is 16.8. The van der Waals surface area contributed by atoms with Crippen LogP contribution in [0.2, 0.25) is 0 Å². The minimum atomic E-state index is 0.492. The van der Waals surface area contributed by atoms with Crippen LogP contribution in [-0.2, 0) is 11.3 Å². The summed E-state index contributed by atoms with van der Waals surface area (Å²) in [6.07, 6.45) is 8.52. The molecule has 0 spiro atoms. The third-order valence-electron chi connectivity index (χ3n) is 3.99. The van der Waals surface area contributed by atoms with Crippen molar-refractivity contribution < 1.29 is 9.15 Å².